The number of aliphatic hydroxyl groups is 1. The van der Waals surface area contributed by atoms with Crippen molar-refractivity contribution >= 4 is 11.7 Å². The van der Waals surface area contributed by atoms with E-state index in [0.717, 1.165) is 37.2 Å². The predicted molar refractivity (Wildman–Crippen MR) is 98.0 cm³/mol. The average molecular weight is 355 g/mol. The quantitative estimate of drug-likeness (QED) is 0.884. The van der Waals surface area contributed by atoms with Gasteiger partial charge in [0.05, 0.1) is 0 Å². The van der Waals surface area contributed by atoms with Gasteiger partial charge in [-0.2, -0.15) is 0 Å². The zero-order valence-corrected chi connectivity index (χ0v) is 15.1. The molecule has 0 bridgehead atoms. The fourth-order valence-electron chi connectivity index (χ4n) is 4.06. The standard InChI is InChI=1S/C19H25N5O2/c1-23-17(12-25)21-22-18(23)14-7-9-24(10-8-14)19(26)20-16-6-5-13-3-2-4-15(13)11-16/h5-6,11,14,25H,2-4,7-10,12H2,1H3,(H,20,26). The van der Waals surface area contributed by atoms with Crippen LogP contribution < -0.4 is 5.32 Å². The van der Waals surface area contributed by atoms with Crippen molar-refractivity contribution in [3.8, 4) is 0 Å². The fourth-order valence-corrected chi connectivity index (χ4v) is 4.06. The summed E-state index contributed by atoms with van der Waals surface area (Å²) in [5.74, 6) is 1.75. The van der Waals surface area contributed by atoms with Crippen molar-refractivity contribution < 1.29 is 9.90 Å². The molecule has 1 aromatic heterocycles. The number of aryl methyl sites for hydroxylation is 2. The summed E-state index contributed by atoms with van der Waals surface area (Å²) in [6.07, 6.45) is 5.18. The van der Waals surface area contributed by atoms with Crippen LogP contribution in [0, 0.1) is 0 Å². The maximum Gasteiger partial charge on any atom is 0.321 e. The van der Waals surface area contributed by atoms with Gasteiger partial charge in [-0.25, -0.2) is 4.79 Å². The fraction of sp³-hybridized carbons (Fsp3) is 0.526. The van der Waals surface area contributed by atoms with Crippen LogP contribution >= 0.6 is 0 Å². The van der Waals surface area contributed by atoms with E-state index >= 15 is 0 Å². The van der Waals surface area contributed by atoms with Crippen LogP contribution in [-0.4, -0.2) is 43.9 Å². The highest BCUT2D eigenvalue weighted by molar-refractivity contribution is 5.89. The normalized spacial score (nSPS) is 17.4. The van der Waals surface area contributed by atoms with Gasteiger partial charge in [-0.1, -0.05) is 6.07 Å². The molecule has 2 N–H and O–H groups in total. The molecule has 7 nitrogen and oxygen atoms in total. The number of nitrogens with zero attached hydrogens (tertiary/aromatic N) is 4. The number of nitrogens with one attached hydrogen (secondary N) is 1. The van der Waals surface area contributed by atoms with Crippen molar-refractivity contribution in [3.05, 3.63) is 41.0 Å². The molecule has 1 saturated heterocycles. The molecule has 2 amide bonds. The number of piperidine rings is 1. The molecule has 2 heterocycles. The molecule has 2 aliphatic rings. The Labute approximate surface area is 153 Å². The number of urea groups is 1. The SMILES string of the molecule is Cn1c(CO)nnc1C1CCN(C(=O)Nc2ccc3c(c2)CCC3)CC1. The zero-order valence-electron chi connectivity index (χ0n) is 15.1. The second-order valence-corrected chi connectivity index (χ2v) is 7.22. The predicted octanol–water partition coefficient (Wildman–Crippen LogP) is 2.21. The number of hydrogen-bond donors (Lipinski definition) is 2. The van der Waals surface area contributed by atoms with Crippen LogP contribution in [0.25, 0.3) is 0 Å². The summed E-state index contributed by atoms with van der Waals surface area (Å²) >= 11 is 0. The van der Waals surface area contributed by atoms with Gasteiger partial charge in [0.1, 0.15) is 12.4 Å². The molecular weight excluding hydrogens is 330 g/mol. The van der Waals surface area contributed by atoms with Crippen LogP contribution in [0.2, 0.25) is 0 Å². The Bertz CT molecular complexity index is 808. The van der Waals surface area contributed by atoms with Gasteiger partial charge in [0, 0.05) is 31.7 Å². The van der Waals surface area contributed by atoms with Gasteiger partial charge in [-0.15, -0.1) is 10.2 Å². The van der Waals surface area contributed by atoms with Crippen molar-refractivity contribution in [2.75, 3.05) is 18.4 Å². The van der Waals surface area contributed by atoms with Gasteiger partial charge in [-0.3, -0.25) is 0 Å². The molecule has 138 valence electrons. The Morgan fingerprint density at radius 2 is 2.00 bits per heavy atom. The van der Waals surface area contributed by atoms with Crippen LogP contribution in [0.4, 0.5) is 10.5 Å². The molecule has 1 aliphatic carbocycles. The number of hydrogen-bond acceptors (Lipinski definition) is 4. The van der Waals surface area contributed by atoms with Gasteiger partial charge in [0.25, 0.3) is 0 Å². The minimum absolute atomic E-state index is 0.0320. The van der Waals surface area contributed by atoms with Crippen molar-refractivity contribution in [2.24, 2.45) is 7.05 Å². The molecule has 26 heavy (non-hydrogen) atoms. The minimum Gasteiger partial charge on any atom is -0.388 e. The van der Waals surface area contributed by atoms with Crippen molar-refractivity contribution in [1.82, 2.24) is 19.7 Å². The highest BCUT2D eigenvalue weighted by atomic mass is 16.3. The second-order valence-electron chi connectivity index (χ2n) is 7.22. The summed E-state index contributed by atoms with van der Waals surface area (Å²) in [4.78, 5) is 14.4. The Kier molecular flexibility index (Phi) is 4.63. The number of benzene rings is 1. The molecule has 4 rings (SSSR count). The first kappa shape index (κ1) is 17.0. The number of rotatable bonds is 3. The molecule has 7 heteroatoms. The van der Waals surface area contributed by atoms with Crippen LogP contribution in [-0.2, 0) is 26.5 Å². The van der Waals surface area contributed by atoms with Crippen LogP contribution in [0.15, 0.2) is 18.2 Å². The zero-order chi connectivity index (χ0) is 18.1. The Morgan fingerprint density at radius 3 is 2.73 bits per heavy atom. The van der Waals surface area contributed by atoms with Crippen LogP contribution in [0.3, 0.4) is 0 Å². The van der Waals surface area contributed by atoms with Crippen molar-refractivity contribution in [1.29, 1.82) is 0 Å². The van der Waals surface area contributed by atoms with E-state index in [0.29, 0.717) is 18.9 Å². The van der Waals surface area contributed by atoms with Crippen molar-refractivity contribution in [2.45, 2.75) is 44.6 Å². The minimum atomic E-state index is -0.106. The molecular formula is C19H25N5O2. The largest absolute Gasteiger partial charge is 0.388 e. The first-order chi connectivity index (χ1) is 12.7. The first-order valence-electron chi connectivity index (χ1n) is 9.32. The number of anilines is 1. The van der Waals surface area contributed by atoms with E-state index in [-0.39, 0.29) is 18.6 Å². The molecule has 1 aromatic carbocycles. The molecule has 0 unspecified atom stereocenters. The summed E-state index contributed by atoms with van der Waals surface area (Å²) in [7, 11) is 1.88. The Balaban J connectivity index is 1.35. The van der Waals surface area contributed by atoms with Gasteiger partial charge in [0.15, 0.2) is 5.82 Å². The van der Waals surface area contributed by atoms with Gasteiger partial charge in [-0.05, 0) is 55.4 Å². The number of carbonyl (C=O) groups excluding carboxylic acids is 1. The summed E-state index contributed by atoms with van der Waals surface area (Å²) in [5, 5.41) is 20.5. The van der Waals surface area contributed by atoms with Crippen molar-refractivity contribution in [3.63, 3.8) is 0 Å². The maximum atomic E-state index is 12.6. The third kappa shape index (κ3) is 3.19. The summed E-state index contributed by atoms with van der Waals surface area (Å²) in [5.41, 5.74) is 3.66. The monoisotopic (exact) mass is 355 g/mol. The highest BCUT2D eigenvalue weighted by Gasteiger charge is 2.27. The molecule has 0 radical (unpaired) electrons. The molecule has 2 aromatic rings. The summed E-state index contributed by atoms with van der Waals surface area (Å²) in [6, 6.07) is 6.22. The number of carbonyl (C=O) groups is 1. The van der Waals surface area contributed by atoms with Gasteiger partial charge >= 0.3 is 6.03 Å². The average Bonchev–Trinajstić information content (AvgIpc) is 3.27. The van der Waals surface area contributed by atoms with E-state index in [2.05, 4.69) is 27.6 Å². The van der Waals surface area contributed by atoms with Crippen LogP contribution in [0.1, 0.15) is 48.0 Å². The number of aromatic nitrogens is 3. The lowest BCUT2D eigenvalue weighted by Crippen LogP contribution is -2.40. The highest BCUT2D eigenvalue weighted by Crippen LogP contribution is 2.28. The molecule has 1 aliphatic heterocycles. The Hall–Kier alpha value is -2.41. The molecule has 0 saturated carbocycles. The van der Waals surface area contributed by atoms with Gasteiger partial charge in [0.2, 0.25) is 0 Å². The summed E-state index contributed by atoms with van der Waals surface area (Å²) in [6.45, 7) is 1.29. The summed E-state index contributed by atoms with van der Waals surface area (Å²) < 4.78 is 1.87. The molecule has 0 spiro atoms. The second kappa shape index (κ2) is 7.07. The Morgan fingerprint density at radius 1 is 1.23 bits per heavy atom. The molecule has 1 fully saturated rings. The number of aliphatic hydroxyl groups excluding tert-OH is 1. The topological polar surface area (TPSA) is 83.3 Å². The third-order valence-electron chi connectivity index (χ3n) is 5.64. The lowest BCUT2D eigenvalue weighted by Gasteiger charge is -2.31. The van der Waals surface area contributed by atoms with E-state index in [9.17, 15) is 9.90 Å². The third-order valence-corrected chi connectivity index (χ3v) is 5.64. The lowest BCUT2D eigenvalue weighted by atomic mass is 9.96. The number of likely N-dealkylation sites (tertiary alicyclic amines) is 1. The smallest absolute Gasteiger partial charge is 0.321 e. The molecule has 0 atom stereocenters. The van der Waals surface area contributed by atoms with E-state index in [1.165, 1.54) is 17.5 Å². The van der Waals surface area contributed by atoms with E-state index in [1.54, 1.807) is 0 Å². The van der Waals surface area contributed by atoms with E-state index in [4.69, 9.17) is 0 Å². The number of amides is 2. The van der Waals surface area contributed by atoms with E-state index < -0.39 is 0 Å². The maximum absolute atomic E-state index is 12.6. The lowest BCUT2D eigenvalue weighted by molar-refractivity contribution is 0.193. The van der Waals surface area contributed by atoms with Gasteiger partial charge < -0.3 is 19.9 Å². The van der Waals surface area contributed by atoms with E-state index in [1.807, 2.05) is 22.6 Å². The number of fused-ring (bicyclic) bond motifs is 1. The first-order valence-corrected chi connectivity index (χ1v) is 9.32. The van der Waals surface area contributed by atoms with Crippen LogP contribution in [0.5, 0.6) is 0 Å².